The molecule has 1 heterocycles. The van der Waals surface area contributed by atoms with Crippen LogP contribution in [0.2, 0.25) is 0 Å². The highest BCUT2D eigenvalue weighted by Gasteiger charge is 2.05. The summed E-state index contributed by atoms with van der Waals surface area (Å²) >= 11 is 0. The third-order valence-corrected chi connectivity index (χ3v) is 1.53. The molecule has 0 saturated heterocycles. The summed E-state index contributed by atoms with van der Waals surface area (Å²) in [7, 11) is 0. The van der Waals surface area contributed by atoms with Crippen LogP contribution in [0.4, 0.5) is 0 Å². The molecule has 1 aromatic heterocycles. The molecule has 2 heteroatoms. The second-order valence-corrected chi connectivity index (χ2v) is 2.30. The highest BCUT2D eigenvalue weighted by Crippen LogP contribution is 2.13. The Kier molecular flexibility index (Phi) is 2.25. The molecule has 2 nitrogen and oxygen atoms in total. The van der Waals surface area contributed by atoms with Gasteiger partial charge in [-0.1, -0.05) is 5.92 Å². The smallest absolute Gasteiger partial charge is 0.141 e. The van der Waals surface area contributed by atoms with Gasteiger partial charge in [-0.25, -0.2) is 0 Å². The second kappa shape index (κ2) is 3.18. The lowest BCUT2D eigenvalue weighted by atomic mass is 10.1. The zero-order valence-corrected chi connectivity index (χ0v) is 6.28. The predicted octanol–water partition coefficient (Wildman–Crippen LogP) is 1.06. The molecule has 0 aliphatic rings. The molecule has 0 spiro atoms. The number of aliphatic hydroxyl groups is 1. The maximum Gasteiger partial charge on any atom is 0.141 e. The first-order valence-corrected chi connectivity index (χ1v) is 3.30. The average Bonchev–Trinajstić information content (AvgIpc) is 2.04. The van der Waals surface area contributed by atoms with Gasteiger partial charge in [-0.15, -0.1) is 6.42 Å². The lowest BCUT2D eigenvalue weighted by molar-refractivity contribution is 0.237. The van der Waals surface area contributed by atoms with Gasteiger partial charge in [0.2, 0.25) is 0 Å². The SMILES string of the molecule is C#CC(O)c1cnccc1C. The van der Waals surface area contributed by atoms with E-state index in [0.29, 0.717) is 5.56 Å². The monoisotopic (exact) mass is 147 g/mol. The number of hydrogen-bond donors (Lipinski definition) is 1. The van der Waals surface area contributed by atoms with Gasteiger partial charge < -0.3 is 5.11 Å². The highest BCUT2D eigenvalue weighted by atomic mass is 16.3. The molecule has 1 N–H and O–H groups in total. The Bertz CT molecular complexity index is 288. The molecule has 1 aromatic rings. The number of hydrogen-bond acceptors (Lipinski definition) is 2. The van der Waals surface area contributed by atoms with E-state index in [9.17, 15) is 5.11 Å². The van der Waals surface area contributed by atoms with Gasteiger partial charge in [0, 0.05) is 18.0 Å². The number of rotatable bonds is 1. The molecule has 0 fully saturated rings. The van der Waals surface area contributed by atoms with Gasteiger partial charge in [0.1, 0.15) is 6.10 Å². The zero-order chi connectivity index (χ0) is 8.27. The maximum absolute atomic E-state index is 9.23. The lowest BCUT2D eigenvalue weighted by Gasteiger charge is -2.05. The van der Waals surface area contributed by atoms with Crippen molar-refractivity contribution in [2.75, 3.05) is 0 Å². The molecule has 0 amide bonds. The number of aromatic nitrogens is 1. The van der Waals surface area contributed by atoms with Crippen LogP contribution in [0, 0.1) is 19.3 Å². The van der Waals surface area contributed by atoms with Crippen LogP contribution in [0.3, 0.4) is 0 Å². The highest BCUT2D eigenvalue weighted by molar-refractivity contribution is 5.28. The molecule has 1 unspecified atom stereocenters. The van der Waals surface area contributed by atoms with E-state index in [1.807, 2.05) is 13.0 Å². The van der Waals surface area contributed by atoms with E-state index in [2.05, 4.69) is 10.9 Å². The van der Waals surface area contributed by atoms with Gasteiger partial charge in [-0.3, -0.25) is 4.98 Å². The van der Waals surface area contributed by atoms with Crippen molar-refractivity contribution in [1.29, 1.82) is 0 Å². The summed E-state index contributed by atoms with van der Waals surface area (Å²) in [5, 5.41) is 9.23. The van der Waals surface area contributed by atoms with Crippen LogP contribution in [-0.2, 0) is 0 Å². The first-order chi connectivity index (χ1) is 5.25. The van der Waals surface area contributed by atoms with Crippen molar-refractivity contribution in [3.63, 3.8) is 0 Å². The Morgan fingerprint density at radius 3 is 3.00 bits per heavy atom. The molecule has 1 atom stereocenters. The molecular formula is C9H9NO. The molecule has 0 radical (unpaired) electrons. The number of aryl methyl sites for hydroxylation is 1. The van der Waals surface area contributed by atoms with Gasteiger partial charge in [-0.2, -0.15) is 0 Å². The van der Waals surface area contributed by atoms with Gasteiger partial charge in [0.15, 0.2) is 0 Å². The van der Waals surface area contributed by atoms with E-state index in [0.717, 1.165) is 5.56 Å². The van der Waals surface area contributed by atoms with Crippen molar-refractivity contribution in [1.82, 2.24) is 4.98 Å². The van der Waals surface area contributed by atoms with Crippen LogP contribution in [0.25, 0.3) is 0 Å². The fraction of sp³-hybridized carbons (Fsp3) is 0.222. The van der Waals surface area contributed by atoms with E-state index < -0.39 is 6.10 Å². The molecular weight excluding hydrogens is 138 g/mol. The first kappa shape index (κ1) is 7.77. The first-order valence-electron chi connectivity index (χ1n) is 3.30. The summed E-state index contributed by atoms with van der Waals surface area (Å²) in [6, 6.07) is 1.82. The fourth-order valence-electron chi connectivity index (χ4n) is 0.852. The fourth-order valence-corrected chi connectivity index (χ4v) is 0.852. The topological polar surface area (TPSA) is 33.1 Å². The normalized spacial score (nSPS) is 12.1. The van der Waals surface area contributed by atoms with E-state index in [1.165, 1.54) is 0 Å². The van der Waals surface area contributed by atoms with Crippen LogP contribution >= 0.6 is 0 Å². The predicted molar refractivity (Wildman–Crippen MR) is 42.8 cm³/mol. The molecule has 0 aliphatic carbocycles. The summed E-state index contributed by atoms with van der Waals surface area (Å²) in [4.78, 5) is 3.86. The minimum Gasteiger partial charge on any atom is -0.376 e. The number of nitrogens with zero attached hydrogens (tertiary/aromatic N) is 1. The number of terminal acetylenes is 1. The lowest BCUT2D eigenvalue weighted by Crippen LogP contribution is -1.96. The summed E-state index contributed by atoms with van der Waals surface area (Å²) in [5.74, 6) is 2.24. The third kappa shape index (κ3) is 1.57. The van der Waals surface area contributed by atoms with E-state index in [4.69, 9.17) is 6.42 Å². The molecule has 1 rings (SSSR count). The number of aliphatic hydroxyl groups excluding tert-OH is 1. The quantitative estimate of drug-likeness (QED) is 0.602. The zero-order valence-electron chi connectivity index (χ0n) is 6.28. The van der Waals surface area contributed by atoms with Crippen LogP contribution < -0.4 is 0 Å². The summed E-state index contributed by atoms with van der Waals surface area (Å²) in [5.41, 5.74) is 1.67. The maximum atomic E-state index is 9.23. The summed E-state index contributed by atoms with van der Waals surface area (Å²) in [6.45, 7) is 1.89. The van der Waals surface area contributed by atoms with Gasteiger partial charge >= 0.3 is 0 Å². The van der Waals surface area contributed by atoms with Gasteiger partial charge in [0.25, 0.3) is 0 Å². The Hall–Kier alpha value is -1.33. The standard InChI is InChI=1S/C9H9NO/c1-3-9(11)8-6-10-5-4-7(8)2/h1,4-6,9,11H,2H3. The van der Waals surface area contributed by atoms with Crippen molar-refractivity contribution in [2.45, 2.75) is 13.0 Å². The van der Waals surface area contributed by atoms with Crippen LogP contribution in [0.5, 0.6) is 0 Å². The van der Waals surface area contributed by atoms with Crippen molar-refractivity contribution < 1.29 is 5.11 Å². The van der Waals surface area contributed by atoms with E-state index in [-0.39, 0.29) is 0 Å². The molecule has 56 valence electrons. The van der Waals surface area contributed by atoms with E-state index >= 15 is 0 Å². The largest absolute Gasteiger partial charge is 0.376 e. The van der Waals surface area contributed by atoms with Crippen molar-refractivity contribution in [2.24, 2.45) is 0 Å². The third-order valence-electron chi connectivity index (χ3n) is 1.53. The Morgan fingerprint density at radius 1 is 1.73 bits per heavy atom. The second-order valence-electron chi connectivity index (χ2n) is 2.30. The van der Waals surface area contributed by atoms with Crippen molar-refractivity contribution in [3.05, 3.63) is 29.6 Å². The molecule has 0 aliphatic heterocycles. The van der Waals surface area contributed by atoms with Crippen LogP contribution in [-0.4, -0.2) is 10.1 Å². The molecule has 0 bridgehead atoms. The van der Waals surface area contributed by atoms with E-state index in [1.54, 1.807) is 12.4 Å². The summed E-state index contributed by atoms with van der Waals surface area (Å²) in [6.07, 6.45) is 7.47. The van der Waals surface area contributed by atoms with Crippen LogP contribution in [0.1, 0.15) is 17.2 Å². The Balaban J connectivity index is 3.05. The van der Waals surface area contributed by atoms with Crippen LogP contribution in [0.15, 0.2) is 18.5 Å². The minimum atomic E-state index is -0.830. The molecule has 0 aromatic carbocycles. The molecule has 0 saturated carbocycles. The molecule has 11 heavy (non-hydrogen) atoms. The summed E-state index contributed by atoms with van der Waals surface area (Å²) < 4.78 is 0. The van der Waals surface area contributed by atoms with Gasteiger partial charge in [0.05, 0.1) is 0 Å². The van der Waals surface area contributed by atoms with Crippen molar-refractivity contribution in [3.8, 4) is 12.3 Å². The van der Waals surface area contributed by atoms with Gasteiger partial charge in [-0.05, 0) is 18.6 Å². The minimum absolute atomic E-state index is 0.704. The average molecular weight is 147 g/mol. The number of pyridine rings is 1. The van der Waals surface area contributed by atoms with Crippen molar-refractivity contribution >= 4 is 0 Å². The Morgan fingerprint density at radius 2 is 2.45 bits per heavy atom. The Labute approximate surface area is 65.9 Å².